The Morgan fingerprint density at radius 3 is 2.63 bits per heavy atom. The molecular formula is C28H24ClFN2O5S. The van der Waals surface area contributed by atoms with E-state index in [0.717, 1.165) is 11.3 Å². The molecule has 1 aromatic heterocycles. The van der Waals surface area contributed by atoms with Crippen LogP contribution in [0.2, 0.25) is 5.02 Å². The lowest BCUT2D eigenvalue weighted by atomic mass is 9.96. The van der Waals surface area contributed by atoms with Gasteiger partial charge in [0.1, 0.15) is 12.4 Å². The monoisotopic (exact) mass is 554 g/mol. The van der Waals surface area contributed by atoms with Crippen LogP contribution >= 0.6 is 22.9 Å². The number of thiazole rings is 1. The zero-order valence-corrected chi connectivity index (χ0v) is 22.5. The number of terminal acetylenes is 1. The van der Waals surface area contributed by atoms with Crippen molar-refractivity contribution in [1.29, 1.82) is 0 Å². The molecule has 0 saturated heterocycles. The number of hydrogen-bond donors (Lipinski definition) is 0. The predicted molar refractivity (Wildman–Crippen MR) is 144 cm³/mol. The van der Waals surface area contributed by atoms with Gasteiger partial charge in [0.05, 0.1) is 40.1 Å². The third kappa shape index (κ3) is 5.37. The molecule has 0 fully saturated rings. The highest BCUT2D eigenvalue weighted by Crippen LogP contribution is 2.37. The van der Waals surface area contributed by atoms with Crippen molar-refractivity contribution in [2.45, 2.75) is 26.8 Å². The highest BCUT2D eigenvalue weighted by molar-refractivity contribution is 7.07. The van der Waals surface area contributed by atoms with Crippen molar-refractivity contribution in [2.75, 3.05) is 19.8 Å². The summed E-state index contributed by atoms with van der Waals surface area (Å²) in [5.74, 6) is 2.07. The van der Waals surface area contributed by atoms with E-state index in [2.05, 4.69) is 10.9 Å². The molecule has 0 N–H and O–H groups in total. The number of allylic oxidation sites excluding steroid dienone is 1. The molecule has 3 aromatic rings. The van der Waals surface area contributed by atoms with Crippen molar-refractivity contribution in [3.63, 3.8) is 0 Å². The van der Waals surface area contributed by atoms with Gasteiger partial charge in [-0.05, 0) is 62.2 Å². The molecule has 0 aliphatic carbocycles. The molecule has 0 spiro atoms. The van der Waals surface area contributed by atoms with Gasteiger partial charge in [-0.2, -0.15) is 0 Å². The number of carbonyl (C=O) groups excluding carboxylic acids is 1. The smallest absolute Gasteiger partial charge is 0.338 e. The molecule has 10 heteroatoms. The number of benzene rings is 2. The second kappa shape index (κ2) is 11.7. The minimum atomic E-state index is -0.838. The van der Waals surface area contributed by atoms with Gasteiger partial charge >= 0.3 is 5.97 Å². The lowest BCUT2D eigenvalue weighted by Crippen LogP contribution is -2.39. The quantitative estimate of drug-likeness (QED) is 0.311. The van der Waals surface area contributed by atoms with Crippen LogP contribution in [-0.2, 0) is 9.53 Å². The Morgan fingerprint density at radius 2 is 1.97 bits per heavy atom. The van der Waals surface area contributed by atoms with Gasteiger partial charge in [0.15, 0.2) is 16.3 Å². The molecule has 7 nitrogen and oxygen atoms in total. The molecule has 38 heavy (non-hydrogen) atoms. The van der Waals surface area contributed by atoms with E-state index in [1.54, 1.807) is 32.1 Å². The molecule has 2 heterocycles. The minimum absolute atomic E-state index is 0.0171. The standard InChI is InChI=1S/C28H24ClFN2O5S/c1-5-12-37-25-20(29)13-17(14-21(25)35-6-2)15-22-26(33)32-24(18-8-10-19(30)11-9-18)23(27(34)36-7-3)16(4)31-28(32)38-22/h1,8-11,13-15,24H,6-7,12H2,2-4H3/t24-/m0/s1. The van der Waals surface area contributed by atoms with Crippen molar-refractivity contribution in [3.05, 3.63) is 89.3 Å². The molecule has 0 bridgehead atoms. The van der Waals surface area contributed by atoms with Gasteiger partial charge in [0.2, 0.25) is 0 Å². The largest absolute Gasteiger partial charge is 0.490 e. The van der Waals surface area contributed by atoms with E-state index >= 15 is 0 Å². The minimum Gasteiger partial charge on any atom is -0.490 e. The molecule has 196 valence electrons. The van der Waals surface area contributed by atoms with E-state index in [1.807, 2.05) is 6.92 Å². The van der Waals surface area contributed by atoms with Gasteiger partial charge in [-0.3, -0.25) is 9.36 Å². The normalized spacial score (nSPS) is 14.9. The Hall–Kier alpha value is -3.87. The van der Waals surface area contributed by atoms with Gasteiger partial charge in [-0.25, -0.2) is 14.2 Å². The number of hydrogen-bond acceptors (Lipinski definition) is 7. The second-order valence-electron chi connectivity index (χ2n) is 8.11. The number of aromatic nitrogens is 1. The third-order valence-electron chi connectivity index (χ3n) is 5.63. The molecule has 0 amide bonds. The number of fused-ring (bicyclic) bond motifs is 1. The fraction of sp³-hybridized carbons (Fsp3) is 0.250. The van der Waals surface area contributed by atoms with Crippen LogP contribution in [0.5, 0.6) is 11.5 Å². The number of carbonyl (C=O) groups is 1. The highest BCUT2D eigenvalue weighted by Gasteiger charge is 2.33. The number of ether oxygens (including phenoxy) is 3. The maximum Gasteiger partial charge on any atom is 0.338 e. The van der Waals surface area contributed by atoms with Gasteiger partial charge in [0.25, 0.3) is 5.56 Å². The molecular weight excluding hydrogens is 531 g/mol. The van der Waals surface area contributed by atoms with Gasteiger partial charge < -0.3 is 14.2 Å². The van der Waals surface area contributed by atoms with Crippen LogP contribution in [0.1, 0.15) is 37.9 Å². The topological polar surface area (TPSA) is 79.1 Å². The van der Waals surface area contributed by atoms with Crippen molar-refractivity contribution >= 4 is 35.0 Å². The summed E-state index contributed by atoms with van der Waals surface area (Å²) < 4.78 is 32.0. The van der Waals surface area contributed by atoms with Crippen LogP contribution < -0.4 is 24.4 Å². The summed E-state index contributed by atoms with van der Waals surface area (Å²) in [7, 11) is 0. The zero-order chi connectivity index (χ0) is 27.4. The van der Waals surface area contributed by atoms with Crippen molar-refractivity contribution in [1.82, 2.24) is 4.57 Å². The Labute approximate surface area is 227 Å². The third-order valence-corrected chi connectivity index (χ3v) is 6.90. The first-order valence-corrected chi connectivity index (χ1v) is 13.0. The summed E-state index contributed by atoms with van der Waals surface area (Å²) in [5, 5.41) is 0.273. The van der Waals surface area contributed by atoms with Crippen LogP contribution in [0.15, 0.2) is 57.5 Å². The highest BCUT2D eigenvalue weighted by atomic mass is 35.5. The van der Waals surface area contributed by atoms with Crippen LogP contribution in [0, 0.1) is 18.2 Å². The van der Waals surface area contributed by atoms with E-state index in [4.69, 9.17) is 32.2 Å². The van der Waals surface area contributed by atoms with E-state index < -0.39 is 17.8 Å². The van der Waals surface area contributed by atoms with Crippen molar-refractivity contribution in [2.24, 2.45) is 4.99 Å². The van der Waals surface area contributed by atoms with E-state index in [9.17, 15) is 14.0 Å². The van der Waals surface area contributed by atoms with E-state index in [0.29, 0.717) is 44.3 Å². The van der Waals surface area contributed by atoms with Crippen LogP contribution in [0.25, 0.3) is 6.08 Å². The average Bonchev–Trinajstić information content (AvgIpc) is 3.17. The van der Waals surface area contributed by atoms with Crippen LogP contribution in [-0.4, -0.2) is 30.4 Å². The molecule has 1 aliphatic heterocycles. The zero-order valence-electron chi connectivity index (χ0n) is 20.9. The summed E-state index contributed by atoms with van der Waals surface area (Å²) in [4.78, 5) is 31.6. The summed E-state index contributed by atoms with van der Waals surface area (Å²) in [6.07, 6.45) is 6.96. The molecule has 0 saturated carbocycles. The molecule has 2 aromatic carbocycles. The fourth-order valence-corrected chi connectivity index (χ4v) is 5.41. The van der Waals surface area contributed by atoms with Crippen LogP contribution in [0.3, 0.4) is 0 Å². The first kappa shape index (κ1) is 27.2. The number of esters is 1. The molecule has 1 atom stereocenters. The van der Waals surface area contributed by atoms with Gasteiger partial charge in [0, 0.05) is 0 Å². The average molecular weight is 555 g/mol. The summed E-state index contributed by atoms with van der Waals surface area (Å²) in [5.41, 5.74) is 1.40. The molecule has 0 unspecified atom stereocenters. The van der Waals surface area contributed by atoms with Gasteiger partial charge in [-0.1, -0.05) is 41.0 Å². The summed E-state index contributed by atoms with van der Waals surface area (Å²) >= 11 is 7.61. The molecule has 4 rings (SSSR count). The Morgan fingerprint density at radius 1 is 1.24 bits per heavy atom. The van der Waals surface area contributed by atoms with Crippen molar-refractivity contribution < 1.29 is 23.4 Å². The molecule has 0 radical (unpaired) electrons. The number of rotatable bonds is 8. The summed E-state index contributed by atoms with van der Waals surface area (Å²) in [6.45, 7) is 5.73. The SMILES string of the molecule is C#CCOc1c(Cl)cc(C=c2sc3n(c2=O)[C@@H](c2ccc(F)cc2)C(C(=O)OCC)=C(C)N=3)cc1OCC. The Kier molecular flexibility index (Phi) is 8.35. The van der Waals surface area contributed by atoms with E-state index in [1.165, 1.54) is 28.8 Å². The van der Waals surface area contributed by atoms with Crippen molar-refractivity contribution in [3.8, 4) is 23.8 Å². The first-order chi connectivity index (χ1) is 18.3. The lowest BCUT2D eigenvalue weighted by Gasteiger charge is -2.24. The number of nitrogens with zero attached hydrogens (tertiary/aromatic N) is 2. The summed E-state index contributed by atoms with van der Waals surface area (Å²) in [6, 6.07) is 8.15. The maximum absolute atomic E-state index is 13.7. The Bertz CT molecular complexity index is 1630. The fourth-order valence-electron chi connectivity index (χ4n) is 4.09. The Balaban J connectivity index is 1.90. The first-order valence-electron chi connectivity index (χ1n) is 11.8. The predicted octanol–water partition coefficient (Wildman–Crippen LogP) is 4.00. The number of halogens is 2. The molecule has 1 aliphatic rings. The van der Waals surface area contributed by atoms with Crippen LogP contribution in [0.4, 0.5) is 4.39 Å². The second-order valence-corrected chi connectivity index (χ2v) is 9.53. The van der Waals surface area contributed by atoms with Gasteiger partial charge in [-0.15, -0.1) is 6.42 Å². The van der Waals surface area contributed by atoms with E-state index in [-0.39, 0.29) is 29.4 Å². The lowest BCUT2D eigenvalue weighted by molar-refractivity contribution is -0.139. The maximum atomic E-state index is 13.7.